The SMILES string of the molecule is C=CC(=O)Nc1c(C)ccc2c1C(=O)OC21c2ccc(O)cc2Oc2c1ccc(O)c2C. The molecule has 32 heavy (non-hydrogen) atoms. The van der Waals surface area contributed by atoms with Gasteiger partial charge < -0.3 is 25.0 Å². The lowest BCUT2D eigenvalue weighted by Gasteiger charge is -2.37. The number of benzene rings is 3. The Morgan fingerprint density at radius 1 is 1.06 bits per heavy atom. The number of phenolic OH excluding ortho intramolecular Hbond substituents is 2. The van der Waals surface area contributed by atoms with Crippen LogP contribution in [0.15, 0.2) is 55.1 Å². The Hall–Kier alpha value is -4.26. The number of esters is 1. The summed E-state index contributed by atoms with van der Waals surface area (Å²) in [5, 5.41) is 23.0. The van der Waals surface area contributed by atoms with Crippen molar-refractivity contribution in [3.63, 3.8) is 0 Å². The molecule has 3 aromatic rings. The van der Waals surface area contributed by atoms with Crippen molar-refractivity contribution in [2.75, 3.05) is 5.32 Å². The van der Waals surface area contributed by atoms with Crippen LogP contribution in [0.2, 0.25) is 0 Å². The first-order valence-electron chi connectivity index (χ1n) is 9.93. The van der Waals surface area contributed by atoms with Crippen LogP contribution in [0.1, 0.15) is 38.2 Å². The first-order valence-corrected chi connectivity index (χ1v) is 9.93. The van der Waals surface area contributed by atoms with E-state index in [2.05, 4.69) is 11.9 Å². The molecule has 0 fully saturated rings. The maximum Gasteiger partial charge on any atom is 0.342 e. The molecule has 5 rings (SSSR count). The lowest BCUT2D eigenvalue weighted by atomic mass is 9.76. The molecule has 7 heteroatoms. The number of anilines is 1. The van der Waals surface area contributed by atoms with Crippen molar-refractivity contribution < 1.29 is 29.3 Å². The molecule has 2 aliphatic rings. The molecule has 0 aromatic heterocycles. The third-order valence-electron chi connectivity index (χ3n) is 5.99. The van der Waals surface area contributed by atoms with Crippen LogP contribution in [0.4, 0.5) is 5.69 Å². The number of phenols is 2. The number of nitrogens with one attached hydrogen (secondary N) is 1. The van der Waals surface area contributed by atoms with Gasteiger partial charge in [0.05, 0.1) is 11.3 Å². The third kappa shape index (κ3) is 2.48. The second-order valence-electron chi connectivity index (χ2n) is 7.81. The monoisotopic (exact) mass is 429 g/mol. The topological polar surface area (TPSA) is 105 Å². The Balaban J connectivity index is 1.88. The number of ether oxygens (including phenoxy) is 2. The average molecular weight is 429 g/mol. The van der Waals surface area contributed by atoms with Crippen molar-refractivity contribution >= 4 is 17.6 Å². The van der Waals surface area contributed by atoms with Gasteiger partial charge in [0, 0.05) is 28.3 Å². The van der Waals surface area contributed by atoms with Gasteiger partial charge in [-0.25, -0.2) is 4.79 Å². The third-order valence-corrected chi connectivity index (χ3v) is 5.99. The highest BCUT2D eigenvalue weighted by molar-refractivity contribution is 6.08. The van der Waals surface area contributed by atoms with E-state index in [4.69, 9.17) is 9.47 Å². The fraction of sp³-hybridized carbons (Fsp3) is 0.120. The van der Waals surface area contributed by atoms with Crippen LogP contribution < -0.4 is 10.1 Å². The molecule has 160 valence electrons. The number of aryl methyl sites for hydroxylation is 1. The van der Waals surface area contributed by atoms with Gasteiger partial charge in [0.1, 0.15) is 23.0 Å². The predicted octanol–water partition coefficient (Wildman–Crippen LogP) is 4.41. The molecule has 1 amide bonds. The summed E-state index contributed by atoms with van der Waals surface area (Å²) in [7, 11) is 0. The largest absolute Gasteiger partial charge is 0.508 e. The van der Waals surface area contributed by atoms with Gasteiger partial charge >= 0.3 is 5.97 Å². The molecule has 1 unspecified atom stereocenters. The summed E-state index contributed by atoms with van der Waals surface area (Å²) >= 11 is 0. The fourth-order valence-electron chi connectivity index (χ4n) is 4.42. The highest BCUT2D eigenvalue weighted by Crippen LogP contribution is 2.58. The van der Waals surface area contributed by atoms with Crippen molar-refractivity contribution in [3.8, 4) is 23.0 Å². The highest BCUT2D eigenvalue weighted by Gasteiger charge is 2.55. The van der Waals surface area contributed by atoms with Gasteiger partial charge in [-0.15, -0.1) is 0 Å². The van der Waals surface area contributed by atoms with Crippen LogP contribution >= 0.6 is 0 Å². The molecule has 0 saturated heterocycles. The summed E-state index contributed by atoms with van der Waals surface area (Å²) in [6.07, 6.45) is 1.13. The quantitative estimate of drug-likeness (QED) is 0.412. The van der Waals surface area contributed by atoms with Crippen LogP contribution in [0.25, 0.3) is 0 Å². The predicted molar refractivity (Wildman–Crippen MR) is 116 cm³/mol. The van der Waals surface area contributed by atoms with Gasteiger partial charge in [0.25, 0.3) is 0 Å². The van der Waals surface area contributed by atoms with Crippen molar-refractivity contribution in [1.29, 1.82) is 0 Å². The standard InChI is InChI=1S/C25H19NO6/c1-4-20(29)26-22-12(2)5-7-16-21(22)24(30)32-25(16)15-8-6-14(27)11-19(15)31-23-13(3)18(28)10-9-17(23)25/h4-11,27-28H,1H2,2-3H3,(H,26,29). The molecule has 0 saturated carbocycles. The summed E-state index contributed by atoms with van der Waals surface area (Å²) in [4.78, 5) is 25.3. The van der Waals surface area contributed by atoms with E-state index < -0.39 is 17.5 Å². The number of hydrogen-bond acceptors (Lipinski definition) is 6. The number of rotatable bonds is 2. The molecule has 2 aliphatic heterocycles. The van der Waals surface area contributed by atoms with Gasteiger partial charge in [-0.1, -0.05) is 18.7 Å². The summed E-state index contributed by atoms with van der Waals surface area (Å²) < 4.78 is 12.1. The smallest absolute Gasteiger partial charge is 0.342 e. The van der Waals surface area contributed by atoms with Gasteiger partial charge in [-0.3, -0.25) is 4.79 Å². The second kappa shape index (κ2) is 6.62. The zero-order chi connectivity index (χ0) is 22.8. The molecule has 1 atom stereocenters. The Kier molecular flexibility index (Phi) is 4.07. The minimum Gasteiger partial charge on any atom is -0.508 e. The molecule has 1 spiro atoms. The van der Waals surface area contributed by atoms with Gasteiger partial charge in [-0.2, -0.15) is 0 Å². The maximum absolute atomic E-state index is 13.3. The number of fused-ring (bicyclic) bond motifs is 6. The van der Waals surface area contributed by atoms with Crippen LogP contribution in [-0.2, 0) is 15.1 Å². The lowest BCUT2D eigenvalue weighted by Crippen LogP contribution is -2.33. The van der Waals surface area contributed by atoms with Gasteiger partial charge in [0.2, 0.25) is 5.91 Å². The number of hydrogen-bond donors (Lipinski definition) is 3. The normalized spacial score (nSPS) is 17.6. The summed E-state index contributed by atoms with van der Waals surface area (Å²) in [5.41, 5.74) is 1.92. The zero-order valence-electron chi connectivity index (χ0n) is 17.4. The Morgan fingerprint density at radius 2 is 1.78 bits per heavy atom. The number of aromatic hydroxyl groups is 2. The fourth-order valence-corrected chi connectivity index (χ4v) is 4.42. The second-order valence-corrected chi connectivity index (χ2v) is 7.81. The van der Waals surface area contributed by atoms with E-state index in [1.54, 1.807) is 38.1 Å². The average Bonchev–Trinajstić information content (AvgIpc) is 3.05. The summed E-state index contributed by atoms with van der Waals surface area (Å²) in [6.45, 7) is 6.95. The van der Waals surface area contributed by atoms with E-state index >= 15 is 0 Å². The van der Waals surface area contributed by atoms with Crippen molar-refractivity contribution in [3.05, 3.63) is 88.5 Å². The molecule has 0 aliphatic carbocycles. The van der Waals surface area contributed by atoms with Gasteiger partial charge in [0.15, 0.2) is 5.60 Å². The van der Waals surface area contributed by atoms with Gasteiger partial charge in [-0.05, 0) is 49.8 Å². The van der Waals surface area contributed by atoms with Crippen LogP contribution in [0, 0.1) is 13.8 Å². The number of carbonyl (C=O) groups excluding carboxylic acids is 2. The van der Waals surface area contributed by atoms with Crippen molar-refractivity contribution in [2.45, 2.75) is 19.4 Å². The molecule has 3 N–H and O–H groups in total. The Bertz CT molecular complexity index is 1360. The first kappa shape index (κ1) is 19.7. The first-order chi connectivity index (χ1) is 15.3. The van der Waals surface area contributed by atoms with E-state index in [0.717, 1.165) is 6.08 Å². The zero-order valence-corrected chi connectivity index (χ0v) is 17.4. The number of amides is 1. The molecule has 0 radical (unpaired) electrons. The minimum atomic E-state index is -1.39. The van der Waals surface area contributed by atoms with E-state index in [1.807, 2.05) is 0 Å². The summed E-state index contributed by atoms with van der Waals surface area (Å²) in [5.74, 6) is -0.429. The Morgan fingerprint density at radius 3 is 2.53 bits per heavy atom. The highest BCUT2D eigenvalue weighted by atomic mass is 16.6. The molecular formula is C25H19NO6. The number of carbonyl (C=O) groups is 2. The van der Waals surface area contributed by atoms with E-state index in [1.165, 1.54) is 18.2 Å². The van der Waals surface area contributed by atoms with E-state index in [0.29, 0.717) is 45.0 Å². The minimum absolute atomic E-state index is 0.0208. The van der Waals surface area contributed by atoms with Crippen molar-refractivity contribution in [2.24, 2.45) is 0 Å². The summed E-state index contributed by atoms with van der Waals surface area (Å²) in [6, 6.07) is 11.3. The molecule has 2 heterocycles. The van der Waals surface area contributed by atoms with Crippen molar-refractivity contribution in [1.82, 2.24) is 0 Å². The molecule has 7 nitrogen and oxygen atoms in total. The van der Waals surface area contributed by atoms with Crippen LogP contribution in [0.5, 0.6) is 23.0 Å². The van der Waals surface area contributed by atoms with Crippen LogP contribution in [-0.4, -0.2) is 22.1 Å². The molecule has 0 bridgehead atoms. The van der Waals surface area contributed by atoms with Crippen LogP contribution in [0.3, 0.4) is 0 Å². The van der Waals surface area contributed by atoms with E-state index in [-0.39, 0.29) is 17.1 Å². The molecular weight excluding hydrogens is 410 g/mol. The van der Waals surface area contributed by atoms with E-state index in [9.17, 15) is 19.8 Å². The molecule has 3 aromatic carbocycles. The maximum atomic E-state index is 13.3. The Labute approximate surface area is 183 Å². The lowest BCUT2D eigenvalue weighted by molar-refractivity contribution is -0.111.